The van der Waals surface area contributed by atoms with Gasteiger partial charge in [0.2, 0.25) is 5.89 Å². The molecule has 1 amide bonds. The fraction of sp³-hybridized carbons (Fsp3) is 0.526. The Kier molecular flexibility index (Phi) is 5.48. The van der Waals surface area contributed by atoms with Gasteiger partial charge in [-0.15, -0.1) is 0 Å². The third-order valence-electron chi connectivity index (χ3n) is 4.86. The van der Waals surface area contributed by atoms with E-state index >= 15 is 0 Å². The van der Waals surface area contributed by atoms with Crippen molar-refractivity contribution in [1.82, 2.24) is 19.9 Å². The number of carbonyl (C=O) groups excluding carboxylic acids is 1. The fourth-order valence-electron chi connectivity index (χ4n) is 3.35. The van der Waals surface area contributed by atoms with Gasteiger partial charge in [-0.3, -0.25) is 9.69 Å². The van der Waals surface area contributed by atoms with Gasteiger partial charge in [-0.1, -0.05) is 31.1 Å². The quantitative estimate of drug-likeness (QED) is 0.807. The molecule has 2 heterocycles. The van der Waals surface area contributed by atoms with Crippen molar-refractivity contribution < 1.29 is 9.32 Å². The second-order valence-electron chi connectivity index (χ2n) is 6.49. The van der Waals surface area contributed by atoms with E-state index in [4.69, 9.17) is 4.52 Å². The summed E-state index contributed by atoms with van der Waals surface area (Å²) < 4.78 is 5.08. The number of carbonyl (C=O) groups is 1. The van der Waals surface area contributed by atoms with Crippen LogP contribution in [0.25, 0.3) is 0 Å². The number of amides is 1. The van der Waals surface area contributed by atoms with Gasteiger partial charge >= 0.3 is 0 Å². The van der Waals surface area contributed by atoms with E-state index in [1.54, 1.807) is 6.92 Å². The summed E-state index contributed by atoms with van der Waals surface area (Å²) in [6.45, 7) is 9.79. The summed E-state index contributed by atoms with van der Waals surface area (Å²) >= 11 is 0. The standard InChI is InChI=1S/C19H26N4O2/c1-4-22(5-2)13-15-8-10-16(11-9-15)19(24)23-12-6-7-17(23)18-20-14(3)25-21-18/h8-11,17H,4-7,12-13H2,1-3H3. The lowest BCUT2D eigenvalue weighted by atomic mass is 10.1. The lowest BCUT2D eigenvalue weighted by Crippen LogP contribution is -2.31. The monoisotopic (exact) mass is 342 g/mol. The van der Waals surface area contributed by atoms with Crippen molar-refractivity contribution in [2.45, 2.75) is 46.2 Å². The van der Waals surface area contributed by atoms with Gasteiger partial charge in [-0.25, -0.2) is 0 Å². The summed E-state index contributed by atoms with van der Waals surface area (Å²) in [6, 6.07) is 7.88. The molecule has 0 N–H and O–H groups in total. The number of nitrogens with zero attached hydrogens (tertiary/aromatic N) is 4. The van der Waals surface area contributed by atoms with Crippen LogP contribution < -0.4 is 0 Å². The average Bonchev–Trinajstić information content (AvgIpc) is 3.28. The van der Waals surface area contributed by atoms with E-state index in [1.807, 2.05) is 17.0 Å². The van der Waals surface area contributed by atoms with Crippen molar-refractivity contribution in [3.63, 3.8) is 0 Å². The fourth-order valence-corrected chi connectivity index (χ4v) is 3.35. The van der Waals surface area contributed by atoms with Crippen molar-refractivity contribution >= 4 is 5.91 Å². The molecule has 1 atom stereocenters. The Balaban J connectivity index is 1.71. The summed E-state index contributed by atoms with van der Waals surface area (Å²) in [5, 5.41) is 4.00. The Hall–Kier alpha value is -2.21. The average molecular weight is 342 g/mol. The zero-order valence-corrected chi connectivity index (χ0v) is 15.2. The molecule has 0 bridgehead atoms. The highest BCUT2D eigenvalue weighted by Crippen LogP contribution is 2.31. The third kappa shape index (κ3) is 3.90. The van der Waals surface area contributed by atoms with Gasteiger partial charge in [0.05, 0.1) is 6.04 Å². The molecule has 1 aromatic carbocycles. The molecule has 6 nitrogen and oxygen atoms in total. The van der Waals surface area contributed by atoms with Gasteiger partial charge in [0.1, 0.15) is 0 Å². The molecule has 0 aliphatic carbocycles. The second kappa shape index (κ2) is 7.78. The molecular formula is C19H26N4O2. The minimum absolute atomic E-state index is 0.0411. The van der Waals surface area contributed by atoms with E-state index < -0.39 is 0 Å². The lowest BCUT2D eigenvalue weighted by molar-refractivity contribution is 0.0728. The van der Waals surface area contributed by atoms with E-state index in [2.05, 4.69) is 41.0 Å². The van der Waals surface area contributed by atoms with Crippen molar-refractivity contribution in [2.24, 2.45) is 0 Å². The highest BCUT2D eigenvalue weighted by atomic mass is 16.5. The highest BCUT2D eigenvalue weighted by Gasteiger charge is 2.33. The van der Waals surface area contributed by atoms with Gasteiger partial charge in [0.25, 0.3) is 5.91 Å². The topological polar surface area (TPSA) is 62.5 Å². The molecule has 134 valence electrons. The first kappa shape index (κ1) is 17.6. The molecule has 2 aromatic rings. The van der Waals surface area contributed by atoms with Gasteiger partial charge in [-0.05, 0) is 43.6 Å². The van der Waals surface area contributed by atoms with E-state index in [0.29, 0.717) is 11.7 Å². The first-order valence-electron chi connectivity index (χ1n) is 9.04. The molecule has 1 aliphatic heterocycles. The number of aromatic nitrogens is 2. The van der Waals surface area contributed by atoms with Gasteiger partial charge in [0.15, 0.2) is 5.82 Å². The highest BCUT2D eigenvalue weighted by molar-refractivity contribution is 5.94. The van der Waals surface area contributed by atoms with Crippen LogP contribution in [0, 0.1) is 6.92 Å². The molecule has 1 saturated heterocycles. The number of rotatable bonds is 6. The van der Waals surface area contributed by atoms with Crippen LogP contribution in [0.3, 0.4) is 0 Å². The Morgan fingerprint density at radius 3 is 2.60 bits per heavy atom. The molecule has 1 fully saturated rings. The normalized spacial score (nSPS) is 17.4. The first-order valence-corrected chi connectivity index (χ1v) is 9.04. The van der Waals surface area contributed by atoms with Crippen LogP contribution in [0.15, 0.2) is 28.8 Å². The molecule has 0 saturated carbocycles. The van der Waals surface area contributed by atoms with Crippen LogP contribution in [0.4, 0.5) is 0 Å². The summed E-state index contributed by atoms with van der Waals surface area (Å²) in [4.78, 5) is 21.4. The smallest absolute Gasteiger partial charge is 0.254 e. The SMILES string of the molecule is CCN(CC)Cc1ccc(C(=O)N2CCCC2c2noc(C)n2)cc1. The second-order valence-corrected chi connectivity index (χ2v) is 6.49. The summed E-state index contributed by atoms with van der Waals surface area (Å²) in [7, 11) is 0. The Labute approximate surface area is 148 Å². The van der Waals surface area contributed by atoms with Gasteiger partial charge in [0, 0.05) is 25.6 Å². The van der Waals surface area contributed by atoms with E-state index in [0.717, 1.165) is 44.6 Å². The Bertz CT molecular complexity index is 706. The lowest BCUT2D eigenvalue weighted by Gasteiger charge is -2.22. The number of benzene rings is 1. The maximum Gasteiger partial charge on any atom is 0.254 e. The zero-order valence-electron chi connectivity index (χ0n) is 15.2. The van der Waals surface area contributed by atoms with Crippen molar-refractivity contribution in [1.29, 1.82) is 0 Å². The van der Waals surface area contributed by atoms with Crippen molar-refractivity contribution in [2.75, 3.05) is 19.6 Å². The van der Waals surface area contributed by atoms with E-state index in [9.17, 15) is 4.79 Å². The summed E-state index contributed by atoms with van der Waals surface area (Å²) in [5.41, 5.74) is 1.95. The Morgan fingerprint density at radius 2 is 2.00 bits per heavy atom. The predicted molar refractivity (Wildman–Crippen MR) is 95.1 cm³/mol. The number of likely N-dealkylation sites (tertiary alicyclic amines) is 1. The number of hydrogen-bond donors (Lipinski definition) is 0. The molecule has 3 rings (SSSR count). The molecule has 1 aliphatic rings. The Morgan fingerprint density at radius 1 is 1.28 bits per heavy atom. The molecule has 1 aromatic heterocycles. The number of aryl methyl sites for hydroxylation is 1. The molecule has 25 heavy (non-hydrogen) atoms. The van der Waals surface area contributed by atoms with E-state index in [1.165, 1.54) is 5.56 Å². The molecule has 0 radical (unpaired) electrons. The van der Waals surface area contributed by atoms with Crippen molar-refractivity contribution in [3.05, 3.63) is 47.1 Å². The summed E-state index contributed by atoms with van der Waals surface area (Å²) in [5.74, 6) is 1.19. The van der Waals surface area contributed by atoms with Crippen LogP contribution in [0.5, 0.6) is 0 Å². The maximum atomic E-state index is 12.9. The van der Waals surface area contributed by atoms with Crippen LogP contribution in [0.1, 0.15) is 60.4 Å². The molecule has 1 unspecified atom stereocenters. The molecule has 0 spiro atoms. The first-order chi connectivity index (χ1) is 12.1. The van der Waals surface area contributed by atoms with Gasteiger partial charge < -0.3 is 9.42 Å². The molecular weight excluding hydrogens is 316 g/mol. The van der Waals surface area contributed by atoms with E-state index in [-0.39, 0.29) is 11.9 Å². The van der Waals surface area contributed by atoms with Crippen LogP contribution in [0.2, 0.25) is 0 Å². The maximum absolute atomic E-state index is 12.9. The molecule has 6 heteroatoms. The zero-order chi connectivity index (χ0) is 17.8. The predicted octanol–water partition coefficient (Wildman–Crippen LogP) is 3.20. The summed E-state index contributed by atoms with van der Waals surface area (Å²) in [6.07, 6.45) is 1.84. The third-order valence-corrected chi connectivity index (χ3v) is 4.86. The van der Waals surface area contributed by atoms with Crippen molar-refractivity contribution in [3.8, 4) is 0 Å². The van der Waals surface area contributed by atoms with Crippen LogP contribution in [-0.2, 0) is 6.54 Å². The largest absolute Gasteiger partial charge is 0.340 e. The van der Waals surface area contributed by atoms with Crippen LogP contribution >= 0.6 is 0 Å². The minimum Gasteiger partial charge on any atom is -0.340 e. The minimum atomic E-state index is -0.0831. The number of hydrogen-bond acceptors (Lipinski definition) is 5. The van der Waals surface area contributed by atoms with Gasteiger partial charge in [-0.2, -0.15) is 4.98 Å². The van der Waals surface area contributed by atoms with Crippen LogP contribution in [-0.4, -0.2) is 45.5 Å².